The van der Waals surface area contributed by atoms with Crippen molar-refractivity contribution >= 4 is 48.4 Å². The van der Waals surface area contributed by atoms with E-state index < -0.39 is 20.0 Å². The number of hydrogen-bond donors (Lipinski definition) is 4. The van der Waals surface area contributed by atoms with Crippen LogP contribution in [0, 0.1) is 5.92 Å². The molecule has 4 atom stereocenters. The maximum Gasteiger partial charge on any atom is 0.305 e. The zero-order valence-corrected chi connectivity index (χ0v) is 30.0. The Bertz CT molecular complexity index is 1870. The number of amides is 2. The summed E-state index contributed by atoms with van der Waals surface area (Å²) in [6.07, 6.45) is 5.61. The van der Waals surface area contributed by atoms with Gasteiger partial charge in [0.15, 0.2) is 13.9 Å². The van der Waals surface area contributed by atoms with Gasteiger partial charge in [0, 0.05) is 78.5 Å². The zero-order chi connectivity index (χ0) is 35.6. The minimum Gasteiger partial charge on any atom is -0.469 e. The molecule has 0 bridgehead atoms. The average molecular weight is 703 g/mol. The van der Waals surface area contributed by atoms with Crippen molar-refractivity contribution in [2.45, 2.75) is 82.3 Å². The molecule has 1 fully saturated rings. The van der Waals surface area contributed by atoms with Crippen LogP contribution in [-0.2, 0) is 48.8 Å². The molecule has 0 saturated carbocycles. The number of fused-ring (bicyclic) bond motifs is 3. The first-order valence-electron chi connectivity index (χ1n) is 17.2. The van der Waals surface area contributed by atoms with Crippen molar-refractivity contribution in [3.05, 3.63) is 71.7 Å². The molecule has 0 radical (unpaired) electrons. The highest BCUT2D eigenvalue weighted by atomic mass is 28.4. The fourth-order valence-corrected chi connectivity index (χ4v) is 10.5. The van der Waals surface area contributed by atoms with Gasteiger partial charge in [0.25, 0.3) is 5.91 Å². The monoisotopic (exact) mass is 702 g/mol. The molecule has 4 aromatic rings. The Morgan fingerprint density at radius 1 is 1.16 bits per heavy atom. The van der Waals surface area contributed by atoms with Crippen molar-refractivity contribution in [1.82, 2.24) is 20.0 Å². The van der Waals surface area contributed by atoms with Crippen LogP contribution in [0.2, 0.25) is 18.6 Å². The molecular formula is C36H46N6O7Si. The quantitative estimate of drug-likeness (QED) is 0.0860. The van der Waals surface area contributed by atoms with Gasteiger partial charge in [0.2, 0.25) is 5.91 Å². The van der Waals surface area contributed by atoms with Crippen molar-refractivity contribution in [1.29, 1.82) is 0 Å². The van der Waals surface area contributed by atoms with Crippen molar-refractivity contribution in [2.75, 3.05) is 30.5 Å². The predicted molar refractivity (Wildman–Crippen MR) is 190 cm³/mol. The first-order valence-corrected chi connectivity index (χ1v) is 20.3. The molecule has 1 spiro atoms. The van der Waals surface area contributed by atoms with Crippen LogP contribution < -0.4 is 10.2 Å². The summed E-state index contributed by atoms with van der Waals surface area (Å²) in [5.41, 5.74) is 2.74. The molecule has 2 aliphatic rings. The fraction of sp³-hybridized carbons (Fsp3) is 0.472. The fourth-order valence-electron chi connectivity index (χ4n) is 7.88. The van der Waals surface area contributed by atoms with Gasteiger partial charge >= 0.3 is 5.97 Å². The number of H-pyrrole nitrogens is 1. The van der Waals surface area contributed by atoms with E-state index in [2.05, 4.69) is 20.6 Å². The SMILES string of the molecule is COC(=O)CCCCN1C(=O)[C@@]2(O[C@@H](CCn3cc(CCO)nn3)[C@H]([Si](C)(C)O)[C@H]2C)c2cc(NC(=O)Cc3c[nH]c4ccccc34)ccc21. The van der Waals surface area contributed by atoms with Crippen LogP contribution in [0.4, 0.5) is 11.4 Å². The maximum absolute atomic E-state index is 14.7. The lowest BCUT2D eigenvalue weighted by atomic mass is 9.82. The number of aliphatic hydroxyl groups is 1. The Hall–Kier alpha value is -4.37. The van der Waals surface area contributed by atoms with Gasteiger partial charge in [-0.15, -0.1) is 5.10 Å². The lowest BCUT2D eigenvalue weighted by Gasteiger charge is -2.32. The molecule has 4 heterocycles. The van der Waals surface area contributed by atoms with Gasteiger partial charge in [-0.25, -0.2) is 0 Å². The number of carbonyl (C=O) groups is 3. The topological polar surface area (TPSA) is 172 Å². The number of rotatable bonds is 14. The van der Waals surface area contributed by atoms with Gasteiger partial charge < -0.3 is 34.6 Å². The lowest BCUT2D eigenvalue weighted by Crippen LogP contribution is -2.46. The Balaban J connectivity index is 1.30. The number of carbonyl (C=O) groups excluding carboxylic acids is 3. The van der Waals surface area contributed by atoms with E-state index in [1.54, 1.807) is 21.8 Å². The average Bonchev–Trinajstić information content (AvgIpc) is 3.83. The summed E-state index contributed by atoms with van der Waals surface area (Å²) in [6.45, 7) is 6.54. The summed E-state index contributed by atoms with van der Waals surface area (Å²) in [6, 6.07) is 13.3. The van der Waals surface area contributed by atoms with Crippen molar-refractivity contribution in [3.8, 4) is 0 Å². The molecule has 2 aliphatic heterocycles. The first kappa shape index (κ1) is 35.5. The molecule has 50 heavy (non-hydrogen) atoms. The van der Waals surface area contributed by atoms with E-state index in [1.807, 2.05) is 62.6 Å². The van der Waals surface area contributed by atoms with Crippen molar-refractivity contribution in [3.63, 3.8) is 0 Å². The largest absolute Gasteiger partial charge is 0.469 e. The highest BCUT2D eigenvalue weighted by Gasteiger charge is 2.66. The van der Waals surface area contributed by atoms with Crippen LogP contribution in [-0.4, -0.2) is 82.3 Å². The Kier molecular flexibility index (Phi) is 10.3. The Morgan fingerprint density at radius 2 is 1.96 bits per heavy atom. The molecule has 266 valence electrons. The summed E-state index contributed by atoms with van der Waals surface area (Å²) in [5.74, 6) is -1.09. The van der Waals surface area contributed by atoms with Gasteiger partial charge in [-0.05, 0) is 62.2 Å². The Labute approximate surface area is 292 Å². The van der Waals surface area contributed by atoms with Crippen LogP contribution in [0.25, 0.3) is 10.9 Å². The summed E-state index contributed by atoms with van der Waals surface area (Å²) in [5, 5.41) is 21.6. The summed E-state index contributed by atoms with van der Waals surface area (Å²) in [4.78, 5) is 56.5. The molecule has 13 nitrogen and oxygen atoms in total. The van der Waals surface area contributed by atoms with Crippen LogP contribution in [0.15, 0.2) is 54.9 Å². The number of hydrogen-bond acceptors (Lipinski definition) is 9. The smallest absolute Gasteiger partial charge is 0.305 e. The van der Waals surface area contributed by atoms with Gasteiger partial charge in [-0.1, -0.05) is 30.3 Å². The molecule has 0 unspecified atom stereocenters. The van der Waals surface area contributed by atoms with E-state index in [1.165, 1.54) is 7.11 Å². The lowest BCUT2D eigenvalue weighted by molar-refractivity contribution is -0.146. The highest BCUT2D eigenvalue weighted by molar-refractivity contribution is 6.71. The first-order chi connectivity index (χ1) is 24.0. The number of aliphatic hydroxyl groups excluding tert-OH is 1. The molecule has 0 aliphatic carbocycles. The number of nitrogens with zero attached hydrogens (tertiary/aromatic N) is 4. The van der Waals surface area contributed by atoms with Gasteiger partial charge in [0.1, 0.15) is 0 Å². The van der Waals surface area contributed by atoms with Crippen LogP contribution in [0.3, 0.4) is 0 Å². The molecule has 14 heteroatoms. The van der Waals surface area contributed by atoms with E-state index in [0.717, 1.165) is 16.5 Å². The number of unbranched alkanes of at least 4 members (excludes halogenated alkanes) is 1. The number of benzene rings is 2. The summed E-state index contributed by atoms with van der Waals surface area (Å²) >= 11 is 0. The van der Waals surface area contributed by atoms with E-state index in [-0.39, 0.29) is 48.7 Å². The van der Waals surface area contributed by atoms with E-state index in [9.17, 15) is 24.3 Å². The van der Waals surface area contributed by atoms with Crippen molar-refractivity contribution in [2.24, 2.45) is 5.92 Å². The number of methoxy groups -OCH3 is 1. The molecule has 2 amide bonds. The van der Waals surface area contributed by atoms with Crippen LogP contribution in [0.5, 0.6) is 0 Å². The third kappa shape index (κ3) is 6.84. The normalized spacial score (nSPS) is 21.7. The number of esters is 1. The third-order valence-electron chi connectivity index (χ3n) is 10.1. The summed E-state index contributed by atoms with van der Waals surface area (Å²) < 4.78 is 13.4. The highest BCUT2D eigenvalue weighted by Crippen LogP contribution is 2.60. The number of nitrogens with one attached hydrogen (secondary N) is 2. The van der Waals surface area contributed by atoms with E-state index in [4.69, 9.17) is 9.47 Å². The molecule has 1 saturated heterocycles. The molecule has 6 rings (SSSR count). The number of para-hydroxylation sites is 1. The van der Waals surface area contributed by atoms with E-state index in [0.29, 0.717) is 61.4 Å². The number of anilines is 2. The third-order valence-corrected chi connectivity index (χ3v) is 12.6. The second kappa shape index (κ2) is 14.5. The van der Waals surface area contributed by atoms with Crippen molar-refractivity contribution < 1.29 is 33.8 Å². The second-order valence-corrected chi connectivity index (χ2v) is 17.9. The molecular weight excluding hydrogens is 657 g/mol. The number of aromatic amines is 1. The standard InChI is InChI=1S/C36H46N6O7Si/c1-23-34(50(3,4)47)31(14-17-41-22-26(15-18-43)39-40-41)49-36(23)28-20-25(38-32(44)19-24-21-37-29-10-6-5-9-27(24)29)12-13-30(28)42(35(36)46)16-8-7-11-33(45)48-2/h5-6,9-10,12-13,20-23,31,34,37,43,47H,7-8,11,14-19H2,1-4H3,(H,38,44)/t23-,31+,34-,36+/m1/s1. The zero-order valence-electron chi connectivity index (χ0n) is 29.0. The molecule has 2 aromatic heterocycles. The Morgan fingerprint density at radius 3 is 2.72 bits per heavy atom. The number of aryl methyl sites for hydroxylation is 1. The number of aromatic nitrogens is 4. The van der Waals surface area contributed by atoms with Gasteiger partial charge in [-0.3, -0.25) is 19.1 Å². The molecule has 2 aromatic carbocycles. The predicted octanol–water partition coefficient (Wildman–Crippen LogP) is 4.05. The number of ether oxygens (including phenoxy) is 2. The van der Waals surface area contributed by atoms with Crippen LogP contribution >= 0.6 is 0 Å². The minimum atomic E-state index is -2.91. The van der Waals surface area contributed by atoms with Crippen LogP contribution in [0.1, 0.15) is 49.4 Å². The van der Waals surface area contributed by atoms with E-state index >= 15 is 0 Å². The maximum atomic E-state index is 14.7. The molecule has 4 N–H and O–H groups in total. The van der Waals surface area contributed by atoms with Gasteiger partial charge in [-0.2, -0.15) is 0 Å². The summed E-state index contributed by atoms with van der Waals surface area (Å²) in [7, 11) is -1.55. The second-order valence-electron chi connectivity index (χ2n) is 13.9. The van der Waals surface area contributed by atoms with Gasteiger partial charge in [0.05, 0.1) is 31.0 Å². The minimum absolute atomic E-state index is 0.0248.